The van der Waals surface area contributed by atoms with Crippen LogP contribution in [0, 0.1) is 17.6 Å². The minimum atomic E-state index is -5.27. The SMILES string of the molecule is CC(C)(C)OC(=O)N1CC(O)CC1C(=O)Nc1cc(F)c(C(F)(F)F)c(OC2CC(C(=O)Nc3ccc(C(F)(F)F)c(F)c3)N(CC3CCOCC3)C2)c1. The van der Waals surface area contributed by atoms with Gasteiger partial charge in [-0.3, -0.25) is 19.4 Å². The number of amides is 3. The van der Waals surface area contributed by atoms with Gasteiger partial charge in [-0.15, -0.1) is 0 Å². The molecule has 3 amide bonds. The minimum Gasteiger partial charge on any atom is -0.488 e. The van der Waals surface area contributed by atoms with Gasteiger partial charge in [0.1, 0.15) is 40.7 Å². The molecule has 0 aliphatic carbocycles. The highest BCUT2D eigenvalue weighted by Gasteiger charge is 2.44. The number of ether oxygens (including phenoxy) is 3. The van der Waals surface area contributed by atoms with Gasteiger partial charge in [0.15, 0.2) is 0 Å². The monoisotopic (exact) mass is 780 g/mol. The number of alkyl halides is 6. The average molecular weight is 781 g/mol. The van der Waals surface area contributed by atoms with E-state index in [9.17, 15) is 50.2 Å². The smallest absolute Gasteiger partial charge is 0.422 e. The van der Waals surface area contributed by atoms with Crippen LogP contribution in [-0.2, 0) is 31.4 Å². The fourth-order valence-electron chi connectivity index (χ4n) is 6.74. The van der Waals surface area contributed by atoms with E-state index in [1.54, 1.807) is 25.7 Å². The van der Waals surface area contributed by atoms with Crippen LogP contribution in [0.3, 0.4) is 0 Å². The van der Waals surface area contributed by atoms with E-state index in [1.807, 2.05) is 0 Å². The van der Waals surface area contributed by atoms with E-state index in [0.717, 1.165) is 17.0 Å². The fraction of sp³-hybridized carbons (Fsp3) is 0.571. The number of halogens is 8. The molecule has 0 spiro atoms. The van der Waals surface area contributed by atoms with Crippen LogP contribution >= 0.6 is 0 Å². The van der Waals surface area contributed by atoms with E-state index in [4.69, 9.17) is 14.2 Å². The molecule has 4 atom stereocenters. The van der Waals surface area contributed by atoms with Gasteiger partial charge >= 0.3 is 18.4 Å². The summed E-state index contributed by atoms with van der Waals surface area (Å²) in [4.78, 5) is 42.1. The average Bonchev–Trinajstić information content (AvgIpc) is 3.62. The summed E-state index contributed by atoms with van der Waals surface area (Å²) in [6.07, 6.45) is -12.7. The summed E-state index contributed by atoms with van der Waals surface area (Å²) in [7, 11) is 0. The summed E-state index contributed by atoms with van der Waals surface area (Å²) >= 11 is 0. The van der Waals surface area contributed by atoms with Crippen molar-refractivity contribution in [3.05, 3.63) is 53.1 Å². The van der Waals surface area contributed by atoms with Crippen molar-refractivity contribution < 1.29 is 68.8 Å². The van der Waals surface area contributed by atoms with Crippen LogP contribution in [0.25, 0.3) is 0 Å². The number of aliphatic hydroxyl groups is 1. The van der Waals surface area contributed by atoms with Crippen molar-refractivity contribution in [2.45, 2.75) is 88.7 Å². The van der Waals surface area contributed by atoms with E-state index >= 15 is 4.39 Å². The first kappa shape index (κ1) is 40.9. The third-order valence-electron chi connectivity index (χ3n) is 9.15. The zero-order chi connectivity index (χ0) is 39.7. The Kier molecular flexibility index (Phi) is 12.0. The lowest BCUT2D eigenvalue weighted by molar-refractivity contribution is -0.142. The second kappa shape index (κ2) is 15.9. The first-order valence-electron chi connectivity index (χ1n) is 17.1. The molecule has 298 valence electrons. The summed E-state index contributed by atoms with van der Waals surface area (Å²) in [5.41, 5.74) is -5.01. The molecule has 0 bridgehead atoms. The summed E-state index contributed by atoms with van der Waals surface area (Å²) in [6, 6.07) is 0.620. The highest BCUT2D eigenvalue weighted by Crippen LogP contribution is 2.42. The molecule has 3 heterocycles. The maximum Gasteiger partial charge on any atom is 0.422 e. The van der Waals surface area contributed by atoms with Crippen LogP contribution in [0.5, 0.6) is 5.75 Å². The van der Waals surface area contributed by atoms with Gasteiger partial charge in [0.25, 0.3) is 0 Å². The molecule has 2 aromatic carbocycles. The molecule has 3 saturated heterocycles. The second-order valence-electron chi connectivity index (χ2n) is 14.5. The molecule has 0 saturated carbocycles. The van der Waals surface area contributed by atoms with Gasteiger partial charge in [0.05, 0.1) is 24.3 Å². The summed E-state index contributed by atoms with van der Waals surface area (Å²) < 4.78 is 128. The maximum atomic E-state index is 15.3. The van der Waals surface area contributed by atoms with Crippen molar-refractivity contribution in [3.8, 4) is 5.75 Å². The van der Waals surface area contributed by atoms with Crippen LogP contribution in [0.1, 0.15) is 57.6 Å². The summed E-state index contributed by atoms with van der Waals surface area (Å²) in [5, 5.41) is 14.9. The van der Waals surface area contributed by atoms with Crippen molar-refractivity contribution in [2.24, 2.45) is 5.92 Å². The molecule has 11 nitrogen and oxygen atoms in total. The molecule has 0 radical (unpaired) electrons. The quantitative estimate of drug-likeness (QED) is 0.271. The Balaban J connectivity index is 1.38. The predicted molar refractivity (Wildman–Crippen MR) is 175 cm³/mol. The molecular formula is C35H40F8N4O7. The Hall–Kier alpha value is -4.23. The number of anilines is 2. The molecule has 19 heteroatoms. The summed E-state index contributed by atoms with van der Waals surface area (Å²) in [5.74, 6) is -6.14. The molecule has 2 aromatic rings. The van der Waals surface area contributed by atoms with E-state index in [1.165, 1.54) is 0 Å². The predicted octanol–water partition coefficient (Wildman–Crippen LogP) is 6.20. The lowest BCUT2D eigenvalue weighted by Gasteiger charge is -2.30. The molecule has 54 heavy (non-hydrogen) atoms. The lowest BCUT2D eigenvalue weighted by atomic mass is 9.99. The Morgan fingerprint density at radius 2 is 1.48 bits per heavy atom. The van der Waals surface area contributed by atoms with Crippen molar-refractivity contribution in [3.63, 3.8) is 0 Å². The third-order valence-corrected chi connectivity index (χ3v) is 9.15. The van der Waals surface area contributed by atoms with Crippen molar-refractivity contribution in [1.82, 2.24) is 9.80 Å². The number of aliphatic hydroxyl groups excluding tert-OH is 1. The number of β-amino-alcohol motifs (C(OH)–C–C–N with tert-alkyl or cyclic N) is 1. The first-order chi connectivity index (χ1) is 25.1. The number of rotatable bonds is 8. The first-order valence-corrected chi connectivity index (χ1v) is 17.1. The zero-order valence-corrected chi connectivity index (χ0v) is 29.5. The zero-order valence-electron chi connectivity index (χ0n) is 29.5. The molecule has 0 aromatic heterocycles. The van der Waals surface area contributed by atoms with Gasteiger partial charge < -0.3 is 30.0 Å². The van der Waals surface area contributed by atoms with E-state index in [2.05, 4.69) is 10.6 Å². The number of carbonyl (C=O) groups excluding carboxylic acids is 3. The highest BCUT2D eigenvalue weighted by atomic mass is 19.4. The van der Waals surface area contributed by atoms with E-state index in [0.29, 0.717) is 44.3 Å². The second-order valence-corrected chi connectivity index (χ2v) is 14.5. The normalized spacial score (nSPS) is 23.0. The Bertz CT molecular complexity index is 1710. The lowest BCUT2D eigenvalue weighted by Crippen LogP contribution is -2.45. The van der Waals surface area contributed by atoms with E-state index < -0.39 is 94.4 Å². The standard InChI is InChI=1S/C35H40F8N4O7/c1-33(2,3)54-32(51)47-16-21(48)13-27(47)31(50)45-20-11-25(37)29(35(41,42)43)28(12-20)53-22-14-26(46(17-22)15-18-6-8-52-9-7-18)30(49)44-19-4-5-23(24(36)10-19)34(38,39)40/h4-5,10-12,18,21-22,26-27,48H,6-9,13-17H2,1-3H3,(H,44,49)(H,45,50). The molecule has 5 rings (SSSR count). The molecule has 3 aliphatic rings. The van der Waals surface area contributed by atoms with Gasteiger partial charge in [-0.2, -0.15) is 26.3 Å². The number of nitrogens with one attached hydrogen (secondary N) is 2. The number of benzene rings is 2. The van der Waals surface area contributed by atoms with Crippen LogP contribution in [-0.4, -0.2) is 95.6 Å². The third kappa shape index (κ3) is 10.1. The van der Waals surface area contributed by atoms with Crippen LogP contribution in [0.15, 0.2) is 30.3 Å². The van der Waals surface area contributed by atoms with Gasteiger partial charge in [0.2, 0.25) is 11.8 Å². The number of hydrogen-bond donors (Lipinski definition) is 3. The molecule has 4 unspecified atom stereocenters. The van der Waals surface area contributed by atoms with E-state index in [-0.39, 0.29) is 44.1 Å². The van der Waals surface area contributed by atoms with Gasteiger partial charge in [-0.05, 0) is 63.8 Å². The highest BCUT2D eigenvalue weighted by molar-refractivity contribution is 5.97. The molecular weight excluding hydrogens is 740 g/mol. The number of hydrogen-bond acceptors (Lipinski definition) is 8. The molecule has 3 N–H and O–H groups in total. The summed E-state index contributed by atoms with van der Waals surface area (Å²) in [6.45, 7) is 5.49. The van der Waals surface area contributed by atoms with Gasteiger partial charge in [-0.25, -0.2) is 13.6 Å². The minimum absolute atomic E-state index is 0.00684. The van der Waals surface area contributed by atoms with Crippen LogP contribution in [0.2, 0.25) is 0 Å². The number of carbonyl (C=O) groups is 3. The van der Waals surface area contributed by atoms with Crippen molar-refractivity contribution >= 4 is 29.3 Å². The Morgan fingerprint density at radius 3 is 2.09 bits per heavy atom. The van der Waals surface area contributed by atoms with Gasteiger partial charge in [0, 0.05) is 56.6 Å². The molecule has 3 aliphatic heterocycles. The van der Waals surface area contributed by atoms with Crippen LogP contribution in [0.4, 0.5) is 51.3 Å². The Labute approximate surface area is 304 Å². The van der Waals surface area contributed by atoms with Crippen molar-refractivity contribution in [2.75, 3.05) is 43.5 Å². The van der Waals surface area contributed by atoms with Gasteiger partial charge in [-0.1, -0.05) is 0 Å². The maximum absolute atomic E-state index is 15.3. The van der Waals surface area contributed by atoms with Crippen LogP contribution < -0.4 is 15.4 Å². The topological polar surface area (TPSA) is 130 Å². The largest absolute Gasteiger partial charge is 0.488 e. The Morgan fingerprint density at radius 1 is 0.852 bits per heavy atom. The van der Waals surface area contributed by atoms with Crippen molar-refractivity contribution in [1.29, 1.82) is 0 Å². The fourth-order valence-corrected chi connectivity index (χ4v) is 6.74. The number of nitrogens with zero attached hydrogens (tertiary/aromatic N) is 2. The molecule has 3 fully saturated rings. The number of likely N-dealkylation sites (tertiary alicyclic amines) is 2.